The second-order valence-corrected chi connectivity index (χ2v) is 20.5. The zero-order chi connectivity index (χ0) is 55.7. The molecule has 9 heteroatoms. The highest BCUT2D eigenvalue weighted by atomic mass is 15.0. The highest BCUT2D eigenvalue weighted by molar-refractivity contribution is 6.14. The summed E-state index contributed by atoms with van der Waals surface area (Å²) in [6, 6.07) is 84.8. The zero-order valence-electron chi connectivity index (χ0n) is 44.2. The summed E-state index contributed by atoms with van der Waals surface area (Å²) >= 11 is 0. The average molecular weight is 1060 g/mol. The third kappa shape index (κ3) is 7.90. The van der Waals surface area contributed by atoms with E-state index in [1.54, 1.807) is 12.1 Å². The van der Waals surface area contributed by atoms with Crippen LogP contribution in [0.3, 0.4) is 0 Å². The molecule has 4 aromatic heterocycles. The van der Waals surface area contributed by atoms with E-state index < -0.39 is 0 Å². The molecule has 0 saturated carbocycles. The fourth-order valence-electron chi connectivity index (χ4n) is 12.1. The molecule has 0 bridgehead atoms. The van der Waals surface area contributed by atoms with E-state index in [4.69, 9.17) is 36.3 Å². The van der Waals surface area contributed by atoms with Crippen molar-refractivity contribution >= 4 is 88.2 Å². The molecule has 11 aromatic carbocycles. The monoisotopic (exact) mass is 1060 g/mol. The van der Waals surface area contributed by atoms with Crippen LogP contribution in [0.1, 0.15) is 0 Å². The van der Waals surface area contributed by atoms with Gasteiger partial charge in [-0.05, 0) is 124 Å². The van der Waals surface area contributed by atoms with Crippen LogP contribution in [0, 0.1) is 26.3 Å². The van der Waals surface area contributed by atoms with Crippen molar-refractivity contribution in [1.29, 1.82) is 0 Å². The Balaban J connectivity index is 0.796. The standard InChI is InChI=1S/C74H41N9/c1-75-51-31-37-70-60(41-51)56-13-7-11-19-68(56)82(70)54-35-39-72-62(43-54)63-44-55(83-69-20-12-8-14-57(69)61-42-52(76-2)32-38-71(61)83)36-40-73(63)81(72)53-33-29-49(30-34-53)47-23-21-46(22-24-47)48-25-27-50(28-26-48)66-45-67(58-15-5-9-17-64(58)77-3)80-74(79-66)59-16-6-10-18-65(59)78-4/h5-45H. The van der Waals surface area contributed by atoms with Gasteiger partial charge in [-0.3, -0.25) is 0 Å². The van der Waals surface area contributed by atoms with E-state index in [1.807, 2.05) is 66.7 Å². The van der Waals surface area contributed by atoms with Crippen LogP contribution in [-0.2, 0) is 0 Å². The molecule has 4 heterocycles. The van der Waals surface area contributed by atoms with Crippen molar-refractivity contribution in [1.82, 2.24) is 23.7 Å². The van der Waals surface area contributed by atoms with Gasteiger partial charge in [0.1, 0.15) is 5.82 Å². The molecule has 0 saturated heterocycles. The number of nitrogens with zero attached hydrogens (tertiary/aromatic N) is 9. The lowest BCUT2D eigenvalue weighted by molar-refractivity contribution is 1.16. The summed E-state index contributed by atoms with van der Waals surface area (Å²) in [5.74, 6) is 0.429. The quantitative estimate of drug-likeness (QED) is 0.142. The second-order valence-electron chi connectivity index (χ2n) is 20.5. The van der Waals surface area contributed by atoms with Crippen LogP contribution < -0.4 is 0 Å². The molecule has 0 aliphatic rings. The Kier molecular flexibility index (Phi) is 11.2. The van der Waals surface area contributed by atoms with Gasteiger partial charge in [0.15, 0.2) is 22.7 Å². The molecule has 0 aliphatic carbocycles. The minimum Gasteiger partial charge on any atom is -0.309 e. The molecule has 0 fully saturated rings. The zero-order valence-corrected chi connectivity index (χ0v) is 44.2. The molecule has 0 N–H and O–H groups in total. The van der Waals surface area contributed by atoms with Crippen molar-refractivity contribution in [3.05, 3.63) is 294 Å². The van der Waals surface area contributed by atoms with E-state index >= 15 is 0 Å². The highest BCUT2D eigenvalue weighted by Gasteiger charge is 2.21. The fourth-order valence-corrected chi connectivity index (χ4v) is 12.1. The number of aromatic nitrogens is 5. The van der Waals surface area contributed by atoms with E-state index in [0.717, 1.165) is 110 Å². The largest absolute Gasteiger partial charge is 0.309 e. The first-order valence-electron chi connectivity index (χ1n) is 27.0. The number of hydrogen-bond donors (Lipinski definition) is 0. The van der Waals surface area contributed by atoms with Crippen LogP contribution in [0.15, 0.2) is 249 Å². The maximum Gasteiger partial charge on any atom is 0.198 e. The van der Waals surface area contributed by atoms with Gasteiger partial charge in [0.25, 0.3) is 0 Å². The SMILES string of the molecule is [C-]#[N+]c1ccc2c(c1)c1ccccc1n2-c1ccc2c(c1)c1cc(-n3c4ccccc4c4cc([N+]#[C-])ccc43)ccc1n2-c1ccc(-c2ccc(-c3ccc(-c4cc(-c5ccccc5[N+]#[C-])nc(-c5ccccc5[N+]#[C-])n4)cc3)cc2)cc1. The van der Waals surface area contributed by atoms with Crippen molar-refractivity contribution in [3.63, 3.8) is 0 Å². The lowest BCUT2D eigenvalue weighted by Gasteiger charge is -2.12. The highest BCUT2D eigenvalue weighted by Crippen LogP contribution is 2.42. The van der Waals surface area contributed by atoms with Crippen LogP contribution in [0.25, 0.3) is 158 Å². The van der Waals surface area contributed by atoms with Gasteiger partial charge in [-0.25, -0.2) is 29.3 Å². The van der Waals surface area contributed by atoms with Crippen LogP contribution in [0.4, 0.5) is 22.7 Å². The Bertz CT molecular complexity index is 5100. The van der Waals surface area contributed by atoms with Gasteiger partial charge < -0.3 is 13.7 Å². The van der Waals surface area contributed by atoms with Crippen LogP contribution in [0.2, 0.25) is 0 Å². The Morgan fingerprint density at radius 3 is 1.12 bits per heavy atom. The summed E-state index contributed by atoms with van der Waals surface area (Å²) in [5.41, 5.74) is 19.5. The number of fused-ring (bicyclic) bond motifs is 9. The lowest BCUT2D eigenvalue weighted by atomic mass is 9.98. The van der Waals surface area contributed by atoms with Crippen molar-refractivity contribution in [2.45, 2.75) is 0 Å². The van der Waals surface area contributed by atoms with Gasteiger partial charge in [-0.1, -0.05) is 158 Å². The Morgan fingerprint density at radius 1 is 0.265 bits per heavy atom. The summed E-state index contributed by atoms with van der Waals surface area (Å²) in [5, 5.41) is 6.49. The first-order valence-corrected chi connectivity index (χ1v) is 27.0. The molecule has 382 valence electrons. The molecule has 0 radical (unpaired) electrons. The third-order valence-electron chi connectivity index (χ3n) is 16.0. The smallest absolute Gasteiger partial charge is 0.198 e. The molecule has 0 aliphatic heterocycles. The number of rotatable bonds is 8. The van der Waals surface area contributed by atoms with Crippen molar-refractivity contribution in [3.8, 4) is 73.2 Å². The average Bonchev–Trinajstić information content (AvgIpc) is 4.19. The Labute approximate surface area is 477 Å². The maximum absolute atomic E-state index is 7.84. The fraction of sp³-hybridized carbons (Fsp3) is 0. The topological polar surface area (TPSA) is 58.0 Å². The molecule has 15 rings (SSSR count). The van der Waals surface area contributed by atoms with Crippen molar-refractivity contribution in [2.24, 2.45) is 0 Å². The van der Waals surface area contributed by atoms with Gasteiger partial charge >= 0.3 is 0 Å². The number of benzene rings is 11. The predicted molar refractivity (Wildman–Crippen MR) is 337 cm³/mol. The van der Waals surface area contributed by atoms with Gasteiger partial charge in [-0.2, -0.15) is 0 Å². The molecule has 0 spiro atoms. The first-order chi connectivity index (χ1) is 40.9. The van der Waals surface area contributed by atoms with Gasteiger partial charge in [-0.15, -0.1) is 0 Å². The molecular weight excluding hydrogens is 1010 g/mol. The second kappa shape index (κ2) is 19.3. The van der Waals surface area contributed by atoms with Crippen LogP contribution >= 0.6 is 0 Å². The Hall–Kier alpha value is -12.1. The molecule has 9 nitrogen and oxygen atoms in total. The van der Waals surface area contributed by atoms with Crippen LogP contribution in [-0.4, -0.2) is 23.7 Å². The lowest BCUT2D eigenvalue weighted by Crippen LogP contribution is -1.96. The van der Waals surface area contributed by atoms with Crippen molar-refractivity contribution < 1.29 is 0 Å². The summed E-state index contributed by atoms with van der Waals surface area (Å²) in [4.78, 5) is 25.0. The van der Waals surface area contributed by atoms with Crippen molar-refractivity contribution in [2.75, 3.05) is 0 Å². The third-order valence-corrected chi connectivity index (χ3v) is 16.0. The van der Waals surface area contributed by atoms with Crippen LogP contribution in [0.5, 0.6) is 0 Å². The van der Waals surface area contributed by atoms with Gasteiger partial charge in [0, 0.05) is 55.3 Å². The minimum absolute atomic E-state index is 0.429. The summed E-state index contributed by atoms with van der Waals surface area (Å²) in [6.07, 6.45) is 0. The minimum atomic E-state index is 0.429. The maximum atomic E-state index is 7.84. The van der Waals surface area contributed by atoms with E-state index in [-0.39, 0.29) is 0 Å². The van der Waals surface area contributed by atoms with E-state index in [9.17, 15) is 0 Å². The normalized spacial score (nSPS) is 11.3. The molecule has 0 unspecified atom stereocenters. The number of hydrogen-bond acceptors (Lipinski definition) is 2. The summed E-state index contributed by atoms with van der Waals surface area (Å²) in [6.45, 7) is 31.2. The predicted octanol–water partition coefficient (Wildman–Crippen LogP) is 20.3. The molecule has 0 atom stereocenters. The first kappa shape index (κ1) is 48.0. The summed E-state index contributed by atoms with van der Waals surface area (Å²) < 4.78 is 6.98. The summed E-state index contributed by atoms with van der Waals surface area (Å²) in [7, 11) is 0. The van der Waals surface area contributed by atoms with Gasteiger partial charge in [0.05, 0.1) is 70.8 Å². The van der Waals surface area contributed by atoms with E-state index in [2.05, 4.69) is 203 Å². The van der Waals surface area contributed by atoms with E-state index in [0.29, 0.717) is 51.1 Å². The van der Waals surface area contributed by atoms with E-state index in [1.165, 1.54) is 0 Å². The molecule has 15 aromatic rings. The molecule has 83 heavy (non-hydrogen) atoms. The Morgan fingerprint density at radius 2 is 0.627 bits per heavy atom. The molecular formula is C74H41N9. The number of para-hydroxylation sites is 4. The van der Waals surface area contributed by atoms with Gasteiger partial charge in [0.2, 0.25) is 0 Å². The molecule has 0 amide bonds.